The molecule has 4 rings (SSSR count). The molecule has 1 N–H and O–H groups in total. The first-order valence-corrected chi connectivity index (χ1v) is 13.0. The van der Waals surface area contributed by atoms with E-state index in [-0.39, 0.29) is 23.1 Å². The van der Waals surface area contributed by atoms with Crippen molar-refractivity contribution in [2.45, 2.75) is 65.0 Å². The van der Waals surface area contributed by atoms with Gasteiger partial charge in [-0.1, -0.05) is 81.3 Å². The maximum absolute atomic E-state index is 13.9. The van der Waals surface area contributed by atoms with E-state index in [2.05, 4.69) is 12.2 Å². The molecule has 1 aliphatic heterocycles. The number of hydrogen-bond donors (Lipinski definition) is 1. The first kappa shape index (κ1) is 25.4. The number of nitrogens with one attached hydrogen (secondary N) is 1. The number of rotatable bonds is 9. The minimum Gasteiger partial charge on any atom is -0.326 e. The highest BCUT2D eigenvalue weighted by Gasteiger charge is 2.36. The predicted octanol–water partition coefficient (Wildman–Crippen LogP) is 5.57. The molecule has 1 aromatic heterocycles. The number of carbonyl (C=O) groups is 2. The molecule has 0 bridgehead atoms. The second-order valence-electron chi connectivity index (χ2n) is 9.35. The third-order valence-electron chi connectivity index (χ3n) is 6.81. The summed E-state index contributed by atoms with van der Waals surface area (Å²) in [5, 5.41) is 2.97. The number of fused-ring (bicyclic) bond motifs is 1. The first-order chi connectivity index (χ1) is 17.5. The number of anilines is 1. The smallest absolute Gasteiger partial charge is 0.274 e. The monoisotopic (exact) mass is 485 g/mol. The third-order valence-corrected chi connectivity index (χ3v) is 6.81. The Balaban J connectivity index is 1.73. The molecule has 0 spiro atoms. The number of nitrogens with zero attached hydrogens (tertiary/aromatic N) is 2. The van der Waals surface area contributed by atoms with Crippen molar-refractivity contribution in [1.82, 2.24) is 9.47 Å². The van der Waals surface area contributed by atoms with Crippen LogP contribution in [0.15, 0.2) is 71.7 Å². The van der Waals surface area contributed by atoms with Crippen molar-refractivity contribution in [2.24, 2.45) is 0 Å². The topological polar surface area (TPSA) is 71.4 Å². The van der Waals surface area contributed by atoms with E-state index in [4.69, 9.17) is 0 Å². The average Bonchev–Trinajstić information content (AvgIpc) is 2.91. The van der Waals surface area contributed by atoms with Crippen LogP contribution in [0.5, 0.6) is 0 Å². The Kier molecular flexibility index (Phi) is 8.36. The van der Waals surface area contributed by atoms with Gasteiger partial charge in [-0.3, -0.25) is 14.4 Å². The Hall–Kier alpha value is -3.67. The Bertz CT molecular complexity index is 1270. The van der Waals surface area contributed by atoms with Crippen LogP contribution >= 0.6 is 0 Å². The number of unbranched alkanes of at least 4 members (excludes halogenated alkanes) is 2. The van der Waals surface area contributed by atoms with E-state index in [9.17, 15) is 14.4 Å². The molecule has 6 nitrogen and oxygen atoms in total. The molecule has 0 fully saturated rings. The number of aryl methyl sites for hydroxylation is 1. The summed E-state index contributed by atoms with van der Waals surface area (Å²) in [5.74, 6) is -0.368. The van der Waals surface area contributed by atoms with Crippen LogP contribution < -0.4 is 10.9 Å². The number of carbonyl (C=O) groups excluding carboxylic acids is 2. The van der Waals surface area contributed by atoms with Gasteiger partial charge in [-0.15, -0.1) is 0 Å². The van der Waals surface area contributed by atoms with Gasteiger partial charge in [0.1, 0.15) is 11.7 Å². The number of hydrogen-bond acceptors (Lipinski definition) is 3. The van der Waals surface area contributed by atoms with Gasteiger partial charge in [-0.25, -0.2) is 0 Å². The summed E-state index contributed by atoms with van der Waals surface area (Å²) in [5.41, 5.74) is 3.43. The number of amides is 2. The van der Waals surface area contributed by atoms with Gasteiger partial charge >= 0.3 is 0 Å². The van der Waals surface area contributed by atoms with E-state index in [1.54, 1.807) is 15.7 Å². The fourth-order valence-corrected chi connectivity index (χ4v) is 4.95. The molecular weight excluding hydrogens is 450 g/mol. The summed E-state index contributed by atoms with van der Waals surface area (Å²) in [6.07, 6.45) is 6.53. The zero-order valence-electron chi connectivity index (χ0n) is 21.2. The molecule has 188 valence electrons. The molecule has 1 unspecified atom stereocenters. The van der Waals surface area contributed by atoms with E-state index in [1.165, 1.54) is 0 Å². The fraction of sp³-hybridized carbons (Fsp3) is 0.367. The van der Waals surface area contributed by atoms with Gasteiger partial charge in [0, 0.05) is 31.3 Å². The van der Waals surface area contributed by atoms with E-state index < -0.39 is 6.04 Å². The van der Waals surface area contributed by atoms with Gasteiger partial charge in [0.25, 0.3) is 11.5 Å². The van der Waals surface area contributed by atoms with E-state index in [1.807, 2.05) is 67.6 Å². The molecule has 0 aliphatic carbocycles. The van der Waals surface area contributed by atoms with Crippen molar-refractivity contribution < 1.29 is 9.59 Å². The lowest BCUT2D eigenvalue weighted by Gasteiger charge is -2.36. The lowest BCUT2D eigenvalue weighted by molar-refractivity contribution is -0.139. The van der Waals surface area contributed by atoms with E-state index in [0.29, 0.717) is 31.5 Å². The van der Waals surface area contributed by atoms with Crippen molar-refractivity contribution >= 4 is 17.5 Å². The first-order valence-electron chi connectivity index (χ1n) is 13.0. The molecule has 6 heteroatoms. The van der Waals surface area contributed by atoms with Crippen LogP contribution in [0.4, 0.5) is 5.69 Å². The summed E-state index contributed by atoms with van der Waals surface area (Å²) in [7, 11) is 0. The Morgan fingerprint density at radius 3 is 2.44 bits per heavy atom. The van der Waals surface area contributed by atoms with Crippen LogP contribution in [-0.4, -0.2) is 27.8 Å². The molecule has 0 saturated carbocycles. The molecule has 3 aromatic rings. The van der Waals surface area contributed by atoms with Crippen molar-refractivity contribution in [2.75, 3.05) is 11.9 Å². The van der Waals surface area contributed by atoms with Crippen LogP contribution in [0.25, 0.3) is 11.1 Å². The Labute approximate surface area is 213 Å². The standard InChI is InChI=1S/C30H35N3O3/c1-3-5-7-16-26(34)33-21-17-23-14-10-11-15-25(23)28(33)29(35)31-27-24(22-12-8-6-9-13-22)18-20-32(19-4-2)30(27)36/h6,8-15,18,20,28H,3-5,7,16-17,19,21H2,1-2H3,(H,31,35). The number of pyridine rings is 1. The predicted molar refractivity (Wildman–Crippen MR) is 144 cm³/mol. The zero-order valence-corrected chi connectivity index (χ0v) is 21.2. The summed E-state index contributed by atoms with van der Waals surface area (Å²) in [4.78, 5) is 42.3. The van der Waals surface area contributed by atoms with Crippen LogP contribution in [0.1, 0.15) is 63.1 Å². The molecular formula is C30H35N3O3. The highest BCUT2D eigenvalue weighted by Crippen LogP contribution is 2.33. The van der Waals surface area contributed by atoms with Crippen molar-refractivity contribution in [3.63, 3.8) is 0 Å². The van der Waals surface area contributed by atoms with Crippen molar-refractivity contribution in [1.29, 1.82) is 0 Å². The quantitative estimate of drug-likeness (QED) is 0.403. The highest BCUT2D eigenvalue weighted by molar-refractivity contribution is 6.01. The zero-order chi connectivity index (χ0) is 25.5. The van der Waals surface area contributed by atoms with Gasteiger partial charge in [0.15, 0.2) is 0 Å². The Morgan fingerprint density at radius 1 is 0.944 bits per heavy atom. The molecule has 2 aromatic carbocycles. The van der Waals surface area contributed by atoms with Gasteiger partial charge in [-0.05, 0) is 42.0 Å². The minimum atomic E-state index is -0.771. The highest BCUT2D eigenvalue weighted by atomic mass is 16.2. The average molecular weight is 486 g/mol. The van der Waals surface area contributed by atoms with Crippen molar-refractivity contribution in [3.05, 3.63) is 88.3 Å². The second kappa shape index (κ2) is 11.8. The van der Waals surface area contributed by atoms with Crippen LogP contribution in [0, 0.1) is 0 Å². The maximum Gasteiger partial charge on any atom is 0.274 e. The largest absolute Gasteiger partial charge is 0.326 e. The SMILES string of the molecule is CCCCCC(=O)N1CCc2ccccc2C1C(=O)Nc1c(-c2ccccc2)ccn(CCC)c1=O. The second-order valence-corrected chi connectivity index (χ2v) is 9.35. The van der Waals surface area contributed by atoms with E-state index in [0.717, 1.165) is 42.4 Å². The fourth-order valence-electron chi connectivity index (χ4n) is 4.95. The lowest BCUT2D eigenvalue weighted by atomic mass is 9.91. The van der Waals surface area contributed by atoms with Crippen LogP contribution in [0.2, 0.25) is 0 Å². The van der Waals surface area contributed by atoms with Gasteiger partial charge in [0.2, 0.25) is 5.91 Å². The molecule has 0 radical (unpaired) electrons. The Morgan fingerprint density at radius 2 is 1.69 bits per heavy atom. The summed E-state index contributed by atoms with van der Waals surface area (Å²) in [6.45, 7) is 5.16. The number of benzene rings is 2. The van der Waals surface area contributed by atoms with Crippen molar-refractivity contribution in [3.8, 4) is 11.1 Å². The summed E-state index contributed by atoms with van der Waals surface area (Å²) < 4.78 is 1.63. The van der Waals surface area contributed by atoms with Crippen LogP contribution in [0.3, 0.4) is 0 Å². The maximum atomic E-state index is 13.9. The molecule has 36 heavy (non-hydrogen) atoms. The summed E-state index contributed by atoms with van der Waals surface area (Å²) >= 11 is 0. The molecule has 2 heterocycles. The molecule has 1 atom stereocenters. The van der Waals surface area contributed by atoms with Gasteiger partial charge < -0.3 is 14.8 Å². The molecule has 0 saturated heterocycles. The van der Waals surface area contributed by atoms with Crippen LogP contribution in [-0.2, 0) is 22.6 Å². The normalized spacial score (nSPS) is 14.8. The minimum absolute atomic E-state index is 0.0159. The van der Waals surface area contributed by atoms with Gasteiger partial charge in [-0.2, -0.15) is 0 Å². The van der Waals surface area contributed by atoms with E-state index >= 15 is 0 Å². The van der Waals surface area contributed by atoms with Gasteiger partial charge in [0.05, 0.1) is 0 Å². The number of aromatic nitrogens is 1. The molecule has 1 aliphatic rings. The molecule has 2 amide bonds. The third kappa shape index (κ3) is 5.43. The summed E-state index contributed by atoms with van der Waals surface area (Å²) in [6, 6.07) is 18.5. The lowest BCUT2D eigenvalue weighted by Crippen LogP contribution is -2.45.